The van der Waals surface area contributed by atoms with Crippen LogP contribution in [-0.4, -0.2) is 11.8 Å². The minimum Gasteiger partial charge on any atom is -0.350 e. The fourth-order valence-electron chi connectivity index (χ4n) is 2.79. The fraction of sp³-hybridized carbons (Fsp3) is 0.0667. The lowest BCUT2D eigenvalue weighted by Crippen LogP contribution is -2.59. The second-order valence-corrected chi connectivity index (χ2v) is 5.02. The van der Waals surface area contributed by atoms with Crippen LogP contribution in [0, 0.1) is 5.82 Å². The van der Waals surface area contributed by atoms with Crippen LogP contribution in [-0.2, 0) is 10.5 Å². The molecule has 0 radical (unpaired) electrons. The molecule has 2 aliphatic rings. The largest absolute Gasteiger partial charge is 0.350 e. The lowest BCUT2D eigenvalue weighted by atomic mass is 9.95. The van der Waals surface area contributed by atoms with Gasteiger partial charge in [-0.25, -0.2) is 4.39 Å². The summed E-state index contributed by atoms with van der Waals surface area (Å²) >= 11 is 0. The number of anilines is 2. The predicted octanol–water partition coefficient (Wildman–Crippen LogP) is 1.79. The first-order valence-electron chi connectivity index (χ1n) is 6.41. The summed E-state index contributed by atoms with van der Waals surface area (Å²) in [7, 11) is 0. The van der Waals surface area contributed by atoms with Crippen LogP contribution in [0.2, 0.25) is 0 Å². The minimum absolute atomic E-state index is 0.350. The zero-order valence-corrected chi connectivity index (χ0v) is 10.7. The van der Waals surface area contributed by atoms with Crippen LogP contribution in [0.5, 0.6) is 0 Å². The van der Waals surface area contributed by atoms with Crippen molar-refractivity contribution in [2.75, 3.05) is 10.6 Å². The van der Waals surface area contributed by atoms with Gasteiger partial charge in [-0.1, -0.05) is 12.1 Å². The van der Waals surface area contributed by atoms with Gasteiger partial charge in [0.05, 0.1) is 11.3 Å². The van der Waals surface area contributed by atoms with E-state index in [1.165, 1.54) is 18.2 Å². The van der Waals surface area contributed by atoms with E-state index in [0.29, 0.717) is 22.5 Å². The minimum atomic E-state index is -1.39. The summed E-state index contributed by atoms with van der Waals surface area (Å²) < 4.78 is 13.3. The first-order chi connectivity index (χ1) is 10.1. The van der Waals surface area contributed by atoms with E-state index < -0.39 is 17.4 Å². The SMILES string of the molecule is O=C1N[C@@]2(Nc3ccccc31)C(=O)Nc1cc(F)ccc12. The molecule has 2 heterocycles. The van der Waals surface area contributed by atoms with Gasteiger partial charge in [-0.05, 0) is 30.3 Å². The van der Waals surface area contributed by atoms with Crippen molar-refractivity contribution < 1.29 is 14.0 Å². The van der Waals surface area contributed by atoms with E-state index in [9.17, 15) is 14.0 Å². The molecule has 5 nitrogen and oxygen atoms in total. The first-order valence-corrected chi connectivity index (χ1v) is 6.41. The maximum atomic E-state index is 13.3. The zero-order valence-electron chi connectivity index (χ0n) is 10.7. The second kappa shape index (κ2) is 3.82. The summed E-state index contributed by atoms with van der Waals surface area (Å²) in [5.74, 6) is -1.24. The molecule has 21 heavy (non-hydrogen) atoms. The third-order valence-corrected chi connectivity index (χ3v) is 3.77. The van der Waals surface area contributed by atoms with Crippen LogP contribution in [0.4, 0.5) is 15.8 Å². The van der Waals surface area contributed by atoms with Gasteiger partial charge >= 0.3 is 0 Å². The van der Waals surface area contributed by atoms with E-state index in [-0.39, 0.29) is 5.91 Å². The van der Waals surface area contributed by atoms with E-state index >= 15 is 0 Å². The second-order valence-electron chi connectivity index (χ2n) is 5.02. The molecule has 2 aromatic rings. The maximum Gasteiger partial charge on any atom is 0.275 e. The van der Waals surface area contributed by atoms with Crippen molar-refractivity contribution in [2.24, 2.45) is 0 Å². The molecule has 0 aromatic heterocycles. The summed E-state index contributed by atoms with van der Waals surface area (Å²) in [5, 5.41) is 8.34. The monoisotopic (exact) mass is 283 g/mol. The van der Waals surface area contributed by atoms with Gasteiger partial charge in [0.1, 0.15) is 5.82 Å². The Morgan fingerprint density at radius 3 is 2.62 bits per heavy atom. The summed E-state index contributed by atoms with van der Waals surface area (Å²) in [5.41, 5.74) is 0.484. The lowest BCUT2D eigenvalue weighted by molar-refractivity contribution is -0.120. The standard InChI is InChI=1S/C15H10FN3O2/c16-8-5-6-10-12(7-8)17-14(21)15(10)18-11-4-2-1-3-9(11)13(20)19-15/h1-7,18H,(H,17,21)(H,19,20)/t15-/m1/s1. The molecule has 6 heteroatoms. The van der Waals surface area contributed by atoms with Gasteiger partial charge in [-0.2, -0.15) is 0 Å². The Morgan fingerprint density at radius 2 is 1.76 bits per heavy atom. The van der Waals surface area contributed by atoms with Crippen LogP contribution in [0.1, 0.15) is 15.9 Å². The molecular weight excluding hydrogens is 273 g/mol. The molecule has 0 saturated carbocycles. The number of para-hydroxylation sites is 1. The normalized spacial score (nSPS) is 22.1. The van der Waals surface area contributed by atoms with Crippen LogP contribution in [0.15, 0.2) is 42.5 Å². The average molecular weight is 283 g/mol. The summed E-state index contributed by atoms with van der Waals surface area (Å²) in [6.07, 6.45) is 0. The molecule has 0 saturated heterocycles. The molecule has 0 fully saturated rings. The van der Waals surface area contributed by atoms with Crippen LogP contribution in [0.3, 0.4) is 0 Å². The molecule has 0 bridgehead atoms. The molecule has 0 aliphatic carbocycles. The van der Waals surface area contributed by atoms with Crippen molar-refractivity contribution in [3.63, 3.8) is 0 Å². The van der Waals surface area contributed by atoms with Gasteiger partial charge in [0, 0.05) is 11.3 Å². The Hall–Kier alpha value is -2.89. The lowest BCUT2D eigenvalue weighted by Gasteiger charge is -2.35. The summed E-state index contributed by atoms with van der Waals surface area (Å²) in [4.78, 5) is 24.6. The maximum absolute atomic E-state index is 13.3. The van der Waals surface area contributed by atoms with Crippen LogP contribution in [0.25, 0.3) is 0 Å². The number of hydrogen-bond donors (Lipinski definition) is 3. The van der Waals surface area contributed by atoms with E-state index in [1.807, 2.05) is 0 Å². The van der Waals surface area contributed by atoms with Crippen molar-refractivity contribution in [3.8, 4) is 0 Å². The molecule has 104 valence electrons. The highest BCUT2D eigenvalue weighted by atomic mass is 19.1. The van der Waals surface area contributed by atoms with E-state index in [4.69, 9.17) is 0 Å². The third kappa shape index (κ3) is 1.50. The molecule has 3 N–H and O–H groups in total. The molecule has 4 rings (SSSR count). The zero-order chi connectivity index (χ0) is 14.6. The molecule has 2 aromatic carbocycles. The van der Waals surface area contributed by atoms with Crippen molar-refractivity contribution in [1.82, 2.24) is 5.32 Å². The number of fused-ring (bicyclic) bond motifs is 3. The van der Waals surface area contributed by atoms with Gasteiger partial charge < -0.3 is 16.0 Å². The van der Waals surface area contributed by atoms with Crippen molar-refractivity contribution in [3.05, 3.63) is 59.4 Å². The Morgan fingerprint density at radius 1 is 0.952 bits per heavy atom. The Balaban J connectivity index is 1.91. The highest BCUT2D eigenvalue weighted by Crippen LogP contribution is 2.40. The first kappa shape index (κ1) is 11.9. The molecule has 1 spiro atoms. The highest BCUT2D eigenvalue weighted by Gasteiger charge is 2.51. The van der Waals surface area contributed by atoms with Gasteiger partial charge in [0.15, 0.2) is 0 Å². The van der Waals surface area contributed by atoms with Crippen LogP contribution < -0.4 is 16.0 Å². The fourth-order valence-corrected chi connectivity index (χ4v) is 2.79. The van der Waals surface area contributed by atoms with Crippen molar-refractivity contribution in [1.29, 1.82) is 0 Å². The molecule has 1 atom stereocenters. The Kier molecular flexibility index (Phi) is 2.16. The number of carbonyl (C=O) groups is 2. The van der Waals surface area contributed by atoms with Gasteiger partial charge in [0.2, 0.25) is 5.66 Å². The topological polar surface area (TPSA) is 70.2 Å². The Labute approximate surface area is 119 Å². The number of carbonyl (C=O) groups excluding carboxylic acids is 2. The number of hydrogen-bond acceptors (Lipinski definition) is 3. The average Bonchev–Trinajstić information content (AvgIpc) is 2.70. The van der Waals surface area contributed by atoms with E-state index in [0.717, 1.165) is 0 Å². The molecule has 0 unspecified atom stereocenters. The number of benzene rings is 2. The van der Waals surface area contributed by atoms with Gasteiger partial charge in [-0.15, -0.1) is 0 Å². The number of nitrogens with one attached hydrogen (secondary N) is 3. The Bertz CT molecular complexity index is 805. The quantitative estimate of drug-likeness (QED) is 0.690. The summed E-state index contributed by atoms with van der Waals surface area (Å²) in [6, 6.07) is 10.9. The molecular formula is C15H10FN3O2. The third-order valence-electron chi connectivity index (χ3n) is 3.77. The number of halogens is 1. The van der Waals surface area contributed by atoms with E-state index in [1.54, 1.807) is 24.3 Å². The van der Waals surface area contributed by atoms with E-state index in [2.05, 4.69) is 16.0 Å². The number of amides is 2. The smallest absolute Gasteiger partial charge is 0.275 e. The van der Waals surface area contributed by atoms with Crippen molar-refractivity contribution >= 4 is 23.2 Å². The molecule has 2 aliphatic heterocycles. The highest BCUT2D eigenvalue weighted by molar-refractivity contribution is 6.14. The number of rotatable bonds is 0. The predicted molar refractivity (Wildman–Crippen MR) is 74.2 cm³/mol. The summed E-state index contributed by atoms with van der Waals surface area (Å²) in [6.45, 7) is 0. The van der Waals surface area contributed by atoms with Gasteiger partial charge in [0.25, 0.3) is 11.8 Å². The van der Waals surface area contributed by atoms with Gasteiger partial charge in [-0.3, -0.25) is 9.59 Å². The van der Waals surface area contributed by atoms with Crippen molar-refractivity contribution in [2.45, 2.75) is 5.66 Å². The molecule has 2 amide bonds. The van der Waals surface area contributed by atoms with Crippen LogP contribution >= 0.6 is 0 Å².